The second kappa shape index (κ2) is 4.43. The van der Waals surface area contributed by atoms with Gasteiger partial charge in [-0.05, 0) is 33.1 Å². The minimum absolute atomic E-state index is 0.345. The van der Waals surface area contributed by atoms with Gasteiger partial charge in [0.25, 0.3) is 0 Å². The average molecular weight is 262 g/mol. The smallest absolute Gasteiger partial charge is 0.243 e. The molecule has 0 aliphatic rings. The lowest BCUT2D eigenvalue weighted by Crippen LogP contribution is -2.40. The summed E-state index contributed by atoms with van der Waals surface area (Å²) in [7, 11) is -1.60. The standard InChI is InChI=1S/C10H18N2O2S2/c1-10(2,3)11-16(13,14)8-6-7-12(4)9(8)15-5/h6-7,11H,1-5H3. The summed E-state index contributed by atoms with van der Waals surface area (Å²) in [5.41, 5.74) is -0.468. The maximum Gasteiger partial charge on any atom is 0.243 e. The molecule has 0 aromatic carbocycles. The fourth-order valence-corrected chi connectivity index (χ4v) is 4.13. The van der Waals surface area contributed by atoms with Crippen LogP contribution in [0.1, 0.15) is 20.8 Å². The number of sulfonamides is 1. The molecule has 0 spiro atoms. The molecule has 0 amide bonds. The van der Waals surface area contributed by atoms with Gasteiger partial charge in [-0.15, -0.1) is 11.8 Å². The summed E-state index contributed by atoms with van der Waals surface area (Å²) < 4.78 is 28.7. The van der Waals surface area contributed by atoms with Crippen molar-refractivity contribution in [2.24, 2.45) is 7.05 Å². The highest BCUT2D eigenvalue weighted by molar-refractivity contribution is 7.99. The molecule has 92 valence electrons. The molecule has 0 aliphatic carbocycles. The molecular formula is C10H18N2O2S2. The average Bonchev–Trinajstić information content (AvgIpc) is 2.42. The zero-order valence-electron chi connectivity index (χ0n) is 10.2. The Kier molecular flexibility index (Phi) is 3.76. The summed E-state index contributed by atoms with van der Waals surface area (Å²) in [6.45, 7) is 5.48. The third kappa shape index (κ3) is 3.02. The number of aromatic nitrogens is 1. The normalized spacial score (nSPS) is 13.1. The second-order valence-corrected chi connectivity index (χ2v) is 7.10. The largest absolute Gasteiger partial charge is 0.345 e. The number of hydrogen-bond acceptors (Lipinski definition) is 3. The molecule has 0 aliphatic heterocycles. The van der Waals surface area contributed by atoms with Gasteiger partial charge in [-0.2, -0.15) is 0 Å². The Morgan fingerprint density at radius 1 is 1.38 bits per heavy atom. The first kappa shape index (κ1) is 13.6. The summed E-state index contributed by atoms with van der Waals surface area (Å²) >= 11 is 1.43. The van der Waals surface area contributed by atoms with Crippen LogP contribution in [0, 0.1) is 0 Å². The van der Waals surface area contributed by atoms with Crippen molar-refractivity contribution in [1.29, 1.82) is 0 Å². The van der Waals surface area contributed by atoms with Gasteiger partial charge in [0, 0.05) is 18.8 Å². The summed E-state index contributed by atoms with van der Waals surface area (Å²) in [5, 5.41) is 0.747. The lowest BCUT2D eigenvalue weighted by atomic mass is 10.1. The van der Waals surface area contributed by atoms with E-state index in [1.165, 1.54) is 11.8 Å². The van der Waals surface area contributed by atoms with Gasteiger partial charge in [0.2, 0.25) is 10.0 Å². The van der Waals surface area contributed by atoms with Crippen LogP contribution in [0.15, 0.2) is 22.2 Å². The lowest BCUT2D eigenvalue weighted by Gasteiger charge is -2.20. The van der Waals surface area contributed by atoms with Gasteiger partial charge in [0.1, 0.15) is 4.90 Å². The van der Waals surface area contributed by atoms with Crippen LogP contribution in [0.25, 0.3) is 0 Å². The number of nitrogens with one attached hydrogen (secondary N) is 1. The molecule has 1 aromatic rings. The van der Waals surface area contributed by atoms with Crippen LogP contribution in [0.4, 0.5) is 0 Å². The topological polar surface area (TPSA) is 51.1 Å². The first-order valence-corrected chi connectivity index (χ1v) is 7.61. The maximum atomic E-state index is 12.1. The van der Waals surface area contributed by atoms with E-state index in [9.17, 15) is 8.42 Å². The number of rotatable bonds is 3. The number of hydrogen-bond donors (Lipinski definition) is 1. The van der Waals surface area contributed by atoms with E-state index >= 15 is 0 Å². The molecule has 6 heteroatoms. The van der Waals surface area contributed by atoms with E-state index < -0.39 is 15.6 Å². The van der Waals surface area contributed by atoms with Gasteiger partial charge in [0.15, 0.2) is 0 Å². The Hall–Kier alpha value is -0.460. The highest BCUT2D eigenvalue weighted by Gasteiger charge is 2.25. The molecule has 1 N–H and O–H groups in total. The summed E-state index contributed by atoms with van der Waals surface area (Å²) in [4.78, 5) is 0.345. The van der Waals surface area contributed by atoms with E-state index in [4.69, 9.17) is 0 Å². The molecule has 1 aromatic heterocycles. The van der Waals surface area contributed by atoms with Crippen LogP contribution >= 0.6 is 11.8 Å². The Bertz CT molecular complexity index is 469. The highest BCUT2D eigenvalue weighted by atomic mass is 32.2. The highest BCUT2D eigenvalue weighted by Crippen LogP contribution is 2.25. The third-order valence-electron chi connectivity index (χ3n) is 1.90. The SMILES string of the molecule is CSc1c(S(=O)(=O)NC(C)(C)C)ccn1C. The van der Waals surface area contributed by atoms with E-state index in [1.54, 1.807) is 12.3 Å². The number of thioether (sulfide) groups is 1. The minimum atomic E-state index is -3.43. The van der Waals surface area contributed by atoms with Crippen LogP contribution < -0.4 is 4.72 Å². The van der Waals surface area contributed by atoms with Gasteiger partial charge in [-0.25, -0.2) is 13.1 Å². The van der Waals surface area contributed by atoms with Crippen LogP contribution in [0.2, 0.25) is 0 Å². The van der Waals surface area contributed by atoms with Crippen molar-refractivity contribution in [2.45, 2.75) is 36.2 Å². The molecule has 0 radical (unpaired) electrons. The predicted octanol–water partition coefficient (Wildman–Crippen LogP) is 1.82. The first-order valence-electron chi connectivity index (χ1n) is 4.90. The molecule has 0 bridgehead atoms. The molecule has 0 saturated heterocycles. The third-order valence-corrected chi connectivity index (χ3v) is 4.72. The van der Waals surface area contributed by atoms with Crippen molar-refractivity contribution in [3.05, 3.63) is 12.3 Å². The van der Waals surface area contributed by atoms with Crippen molar-refractivity contribution in [1.82, 2.24) is 9.29 Å². The van der Waals surface area contributed by atoms with Crippen LogP contribution in [0.5, 0.6) is 0 Å². The molecule has 4 nitrogen and oxygen atoms in total. The van der Waals surface area contributed by atoms with E-state index in [2.05, 4.69) is 4.72 Å². The molecule has 0 atom stereocenters. The lowest BCUT2D eigenvalue weighted by molar-refractivity contribution is 0.490. The quantitative estimate of drug-likeness (QED) is 0.845. The van der Waals surface area contributed by atoms with Crippen LogP contribution in [-0.2, 0) is 17.1 Å². The Morgan fingerprint density at radius 2 is 1.94 bits per heavy atom. The van der Waals surface area contributed by atoms with Crippen LogP contribution in [0.3, 0.4) is 0 Å². The molecule has 1 rings (SSSR count). The zero-order chi connectivity index (χ0) is 12.6. The molecule has 1 heterocycles. The Balaban J connectivity index is 3.18. The van der Waals surface area contributed by atoms with Crippen molar-refractivity contribution < 1.29 is 8.42 Å². The molecule has 0 fully saturated rings. The van der Waals surface area contributed by atoms with E-state index in [-0.39, 0.29) is 0 Å². The summed E-state index contributed by atoms with van der Waals surface area (Å²) in [6.07, 6.45) is 3.62. The Labute approximate surface area is 101 Å². The predicted molar refractivity (Wildman–Crippen MR) is 67.3 cm³/mol. The molecule has 0 unspecified atom stereocenters. The van der Waals surface area contributed by atoms with Gasteiger partial charge >= 0.3 is 0 Å². The van der Waals surface area contributed by atoms with Gasteiger partial charge < -0.3 is 4.57 Å². The molecule has 16 heavy (non-hydrogen) atoms. The number of nitrogens with zero attached hydrogens (tertiary/aromatic N) is 1. The monoisotopic (exact) mass is 262 g/mol. The molecule has 0 saturated carbocycles. The van der Waals surface area contributed by atoms with Crippen LogP contribution in [-0.4, -0.2) is 24.8 Å². The van der Waals surface area contributed by atoms with Gasteiger partial charge in [-0.3, -0.25) is 0 Å². The van der Waals surface area contributed by atoms with Crippen molar-refractivity contribution in [3.63, 3.8) is 0 Å². The summed E-state index contributed by atoms with van der Waals surface area (Å²) in [6, 6.07) is 1.62. The van der Waals surface area contributed by atoms with E-state index in [1.807, 2.05) is 38.6 Å². The van der Waals surface area contributed by atoms with Crippen molar-refractivity contribution in [3.8, 4) is 0 Å². The first-order chi connectivity index (χ1) is 7.17. The fraction of sp³-hybridized carbons (Fsp3) is 0.600. The van der Waals surface area contributed by atoms with Crippen molar-refractivity contribution >= 4 is 21.8 Å². The van der Waals surface area contributed by atoms with Gasteiger partial charge in [-0.1, -0.05) is 0 Å². The van der Waals surface area contributed by atoms with E-state index in [0.717, 1.165) is 5.03 Å². The molecular weight excluding hydrogens is 244 g/mol. The van der Waals surface area contributed by atoms with E-state index in [0.29, 0.717) is 4.90 Å². The Morgan fingerprint density at radius 3 is 2.38 bits per heavy atom. The minimum Gasteiger partial charge on any atom is -0.345 e. The fourth-order valence-electron chi connectivity index (χ4n) is 1.40. The summed E-state index contributed by atoms with van der Waals surface area (Å²) in [5.74, 6) is 0. The zero-order valence-corrected chi connectivity index (χ0v) is 11.9. The maximum absolute atomic E-state index is 12.1. The number of aryl methyl sites for hydroxylation is 1. The van der Waals surface area contributed by atoms with Crippen molar-refractivity contribution in [2.75, 3.05) is 6.26 Å². The second-order valence-electron chi connectivity index (χ2n) is 4.66. The van der Waals surface area contributed by atoms with Gasteiger partial charge in [0.05, 0.1) is 5.03 Å².